The minimum absolute atomic E-state index is 0.0385. The van der Waals surface area contributed by atoms with E-state index in [2.05, 4.69) is 0 Å². The van der Waals surface area contributed by atoms with Gasteiger partial charge < -0.3 is 18.9 Å². The molecule has 2 unspecified atom stereocenters. The monoisotopic (exact) mass is 426 g/mol. The van der Waals surface area contributed by atoms with Crippen LogP contribution in [0, 0.1) is 0 Å². The van der Waals surface area contributed by atoms with Gasteiger partial charge in [-0.3, -0.25) is 0 Å². The molecule has 30 heavy (non-hydrogen) atoms. The molecule has 2 saturated carbocycles. The number of esters is 2. The van der Waals surface area contributed by atoms with E-state index in [1.165, 1.54) is 12.8 Å². The number of hydrogen-bond donors (Lipinski definition) is 0. The van der Waals surface area contributed by atoms with Crippen LogP contribution in [0.2, 0.25) is 0 Å². The Morgan fingerprint density at radius 2 is 1.03 bits per heavy atom. The number of unbranched alkanes of at least 4 members (excludes halogenated alkanes) is 2. The second kappa shape index (κ2) is 14.8. The molecule has 2 fully saturated rings. The Labute approximate surface area is 182 Å². The van der Waals surface area contributed by atoms with E-state index in [9.17, 15) is 9.59 Å². The van der Waals surface area contributed by atoms with Crippen LogP contribution >= 0.6 is 0 Å². The van der Waals surface area contributed by atoms with Crippen LogP contribution in [-0.2, 0) is 28.5 Å². The Kier molecular flexibility index (Phi) is 12.4. The van der Waals surface area contributed by atoms with Crippen molar-refractivity contribution in [2.75, 3.05) is 13.2 Å². The highest BCUT2D eigenvalue weighted by Crippen LogP contribution is 2.27. The highest BCUT2D eigenvalue weighted by atomic mass is 16.6. The Morgan fingerprint density at radius 1 is 0.667 bits per heavy atom. The molecular weight excluding hydrogens is 384 g/mol. The van der Waals surface area contributed by atoms with Crippen LogP contribution in [0.1, 0.15) is 104 Å². The zero-order valence-electron chi connectivity index (χ0n) is 19.1. The van der Waals surface area contributed by atoms with Crippen molar-refractivity contribution in [1.82, 2.24) is 0 Å². The molecule has 2 atom stereocenters. The molecule has 6 heteroatoms. The molecule has 6 nitrogen and oxygen atoms in total. The van der Waals surface area contributed by atoms with Crippen molar-refractivity contribution in [3.05, 3.63) is 0 Å². The largest absolute Gasteiger partial charge is 0.464 e. The van der Waals surface area contributed by atoms with Gasteiger partial charge in [-0.15, -0.1) is 0 Å². The van der Waals surface area contributed by atoms with Gasteiger partial charge in [0.1, 0.15) is 0 Å². The van der Waals surface area contributed by atoms with Crippen LogP contribution in [0.15, 0.2) is 0 Å². The minimum Gasteiger partial charge on any atom is -0.464 e. The topological polar surface area (TPSA) is 71.1 Å². The van der Waals surface area contributed by atoms with Gasteiger partial charge in [0.15, 0.2) is 12.2 Å². The third kappa shape index (κ3) is 8.93. The number of rotatable bonds is 13. The van der Waals surface area contributed by atoms with Gasteiger partial charge >= 0.3 is 11.9 Å². The van der Waals surface area contributed by atoms with Crippen LogP contribution in [0.25, 0.3) is 0 Å². The Balaban J connectivity index is 2.13. The molecule has 0 aliphatic heterocycles. The summed E-state index contributed by atoms with van der Waals surface area (Å²) in [6.07, 6.45) is 11.6. The summed E-state index contributed by atoms with van der Waals surface area (Å²) in [5.41, 5.74) is 0. The first-order valence-electron chi connectivity index (χ1n) is 12.3. The predicted molar refractivity (Wildman–Crippen MR) is 115 cm³/mol. The summed E-state index contributed by atoms with van der Waals surface area (Å²) < 4.78 is 23.4. The summed E-state index contributed by atoms with van der Waals surface area (Å²) in [6.45, 7) is 4.76. The van der Waals surface area contributed by atoms with Crippen molar-refractivity contribution in [1.29, 1.82) is 0 Å². The zero-order valence-corrected chi connectivity index (χ0v) is 19.1. The average molecular weight is 427 g/mol. The van der Waals surface area contributed by atoms with E-state index in [0.717, 1.165) is 77.0 Å². The second-order valence-corrected chi connectivity index (χ2v) is 8.68. The lowest BCUT2D eigenvalue weighted by atomic mass is 9.96. The lowest BCUT2D eigenvalue weighted by Gasteiger charge is -2.33. The van der Waals surface area contributed by atoms with Crippen molar-refractivity contribution in [2.24, 2.45) is 0 Å². The van der Waals surface area contributed by atoms with Crippen molar-refractivity contribution in [2.45, 2.75) is 128 Å². The van der Waals surface area contributed by atoms with Gasteiger partial charge in [0.05, 0.1) is 25.4 Å². The van der Waals surface area contributed by atoms with E-state index in [4.69, 9.17) is 18.9 Å². The SMILES string of the molecule is CCCCOC(=O)C(OC1CCCCC1)C(OC1CCCCC1)C(=O)OCCCC. The van der Waals surface area contributed by atoms with E-state index in [1.807, 2.05) is 13.8 Å². The maximum Gasteiger partial charge on any atom is 0.338 e. The quantitative estimate of drug-likeness (QED) is 0.301. The van der Waals surface area contributed by atoms with Gasteiger partial charge in [-0.05, 0) is 38.5 Å². The van der Waals surface area contributed by atoms with Crippen LogP contribution in [0.4, 0.5) is 0 Å². The molecule has 0 heterocycles. The molecule has 2 aliphatic carbocycles. The van der Waals surface area contributed by atoms with E-state index < -0.39 is 24.1 Å². The molecule has 0 aromatic rings. The third-order valence-corrected chi connectivity index (χ3v) is 6.01. The summed E-state index contributed by atoms with van der Waals surface area (Å²) in [7, 11) is 0. The lowest BCUT2D eigenvalue weighted by Crippen LogP contribution is -2.49. The second-order valence-electron chi connectivity index (χ2n) is 8.68. The fraction of sp³-hybridized carbons (Fsp3) is 0.917. The van der Waals surface area contributed by atoms with Gasteiger partial charge in [-0.1, -0.05) is 65.2 Å². The van der Waals surface area contributed by atoms with Crippen LogP contribution < -0.4 is 0 Å². The van der Waals surface area contributed by atoms with Crippen LogP contribution in [-0.4, -0.2) is 49.6 Å². The summed E-state index contributed by atoms with van der Waals surface area (Å²) in [6, 6.07) is 0. The van der Waals surface area contributed by atoms with Gasteiger partial charge in [0.2, 0.25) is 0 Å². The van der Waals surface area contributed by atoms with Crippen LogP contribution in [0.3, 0.4) is 0 Å². The van der Waals surface area contributed by atoms with Gasteiger partial charge in [0.25, 0.3) is 0 Å². The average Bonchev–Trinajstić information content (AvgIpc) is 2.77. The number of hydrogen-bond acceptors (Lipinski definition) is 6. The molecule has 0 spiro atoms. The first-order valence-corrected chi connectivity index (χ1v) is 12.3. The van der Waals surface area contributed by atoms with E-state index >= 15 is 0 Å². The first kappa shape index (κ1) is 25.1. The van der Waals surface area contributed by atoms with Crippen molar-refractivity contribution in [3.63, 3.8) is 0 Å². The Bertz CT molecular complexity index is 438. The molecule has 2 aliphatic rings. The van der Waals surface area contributed by atoms with E-state index in [0.29, 0.717) is 13.2 Å². The molecule has 0 aromatic heterocycles. The molecule has 0 bridgehead atoms. The Morgan fingerprint density at radius 3 is 1.37 bits per heavy atom. The molecule has 0 amide bonds. The van der Waals surface area contributed by atoms with E-state index in [1.54, 1.807) is 0 Å². The minimum atomic E-state index is -1.05. The molecule has 0 aromatic carbocycles. The maximum absolute atomic E-state index is 13.0. The Hall–Kier alpha value is -1.14. The predicted octanol–water partition coefficient (Wildman–Crippen LogP) is 5.11. The molecule has 0 radical (unpaired) electrons. The highest BCUT2D eigenvalue weighted by Gasteiger charge is 2.41. The fourth-order valence-corrected chi connectivity index (χ4v) is 4.12. The molecule has 0 N–H and O–H groups in total. The number of carbonyl (C=O) groups is 2. The maximum atomic E-state index is 13.0. The molecule has 0 saturated heterocycles. The first-order chi connectivity index (χ1) is 14.7. The van der Waals surface area contributed by atoms with Gasteiger partial charge in [-0.25, -0.2) is 9.59 Å². The molecule has 2 rings (SSSR count). The molecular formula is C24H42O6. The standard InChI is InChI=1S/C24H42O6/c1-3-5-17-27-23(25)21(29-19-13-9-7-10-14-19)22(24(26)28-18-6-4-2)30-20-15-11-8-12-16-20/h19-22H,3-18H2,1-2H3. The highest BCUT2D eigenvalue weighted by molar-refractivity contribution is 5.85. The fourth-order valence-electron chi connectivity index (χ4n) is 4.12. The smallest absolute Gasteiger partial charge is 0.338 e. The van der Waals surface area contributed by atoms with Crippen molar-refractivity contribution >= 4 is 11.9 Å². The number of ether oxygens (including phenoxy) is 4. The summed E-state index contributed by atoms with van der Waals surface area (Å²) >= 11 is 0. The zero-order chi connectivity index (χ0) is 21.6. The van der Waals surface area contributed by atoms with Gasteiger partial charge in [0, 0.05) is 0 Å². The summed E-state index contributed by atoms with van der Waals surface area (Å²) in [5, 5.41) is 0. The number of carbonyl (C=O) groups excluding carboxylic acids is 2. The normalized spacial score (nSPS) is 20.5. The third-order valence-electron chi connectivity index (χ3n) is 6.01. The van der Waals surface area contributed by atoms with Gasteiger partial charge in [-0.2, -0.15) is 0 Å². The summed E-state index contributed by atoms with van der Waals surface area (Å²) in [4.78, 5) is 25.9. The van der Waals surface area contributed by atoms with Crippen molar-refractivity contribution in [3.8, 4) is 0 Å². The molecule has 174 valence electrons. The van der Waals surface area contributed by atoms with E-state index in [-0.39, 0.29) is 12.2 Å². The van der Waals surface area contributed by atoms with Crippen LogP contribution in [0.5, 0.6) is 0 Å². The van der Waals surface area contributed by atoms with Crippen molar-refractivity contribution < 1.29 is 28.5 Å². The lowest BCUT2D eigenvalue weighted by molar-refractivity contribution is -0.196. The summed E-state index contributed by atoms with van der Waals surface area (Å²) in [5.74, 6) is -0.996.